The standard InChI is InChI=1S/C7H9.C5H5.2ClH.Hf/c1-6-3-4-7(2)5-6;1-2-4-5-3-1;;;/h3H,4H2,1-2H3;1-3H,4H2;2*1H;/q;;;;+2/p-2. The van der Waals surface area contributed by atoms with Gasteiger partial charge in [0.05, 0.1) is 0 Å². The second-order valence-electron chi connectivity index (χ2n) is 3.70. The van der Waals surface area contributed by atoms with Crippen molar-refractivity contribution in [3.63, 3.8) is 0 Å². The van der Waals surface area contributed by atoms with Crippen LogP contribution in [0.4, 0.5) is 0 Å². The van der Waals surface area contributed by atoms with Gasteiger partial charge in [-0.2, -0.15) is 0 Å². The largest absolute Gasteiger partial charge is 1.00 e. The summed E-state index contributed by atoms with van der Waals surface area (Å²) in [6.45, 7) is 4.58. The van der Waals surface area contributed by atoms with E-state index in [9.17, 15) is 0 Å². The smallest absolute Gasteiger partial charge is 1.00 e. The molecule has 0 amide bonds. The van der Waals surface area contributed by atoms with E-state index in [4.69, 9.17) is 0 Å². The van der Waals surface area contributed by atoms with Gasteiger partial charge in [0.25, 0.3) is 0 Å². The van der Waals surface area contributed by atoms with Crippen molar-refractivity contribution in [3.05, 3.63) is 42.1 Å². The van der Waals surface area contributed by atoms with E-state index in [2.05, 4.69) is 38.2 Å². The zero-order chi connectivity index (χ0) is 9.26. The van der Waals surface area contributed by atoms with Gasteiger partial charge in [0.1, 0.15) is 0 Å². The maximum atomic E-state index is 2.39. The van der Waals surface area contributed by atoms with Gasteiger partial charge in [-0.25, -0.2) is 0 Å². The Bertz CT molecular complexity index is 349. The third-order valence-corrected chi connectivity index (χ3v) is 8.93. The van der Waals surface area contributed by atoms with Gasteiger partial charge in [0.15, 0.2) is 0 Å². The molecule has 0 aromatic carbocycles. The molecule has 0 N–H and O–H groups in total. The van der Waals surface area contributed by atoms with Gasteiger partial charge in [-0.05, 0) is 0 Å². The second kappa shape index (κ2) is 6.88. The number of allylic oxidation sites excluding steroid dienone is 8. The van der Waals surface area contributed by atoms with Gasteiger partial charge in [-0.3, -0.25) is 0 Å². The Morgan fingerprint density at radius 1 is 1.13 bits per heavy atom. The molecule has 0 aliphatic heterocycles. The zero-order valence-corrected chi connectivity index (χ0v) is 14.1. The van der Waals surface area contributed by atoms with E-state index < -0.39 is 22.9 Å². The fourth-order valence-electron chi connectivity index (χ4n) is 1.75. The summed E-state index contributed by atoms with van der Waals surface area (Å²) in [5.74, 6) is 0. The summed E-state index contributed by atoms with van der Waals surface area (Å²) >= 11 is -0.636. The Kier molecular flexibility index (Phi) is 7.07. The summed E-state index contributed by atoms with van der Waals surface area (Å²) in [6, 6.07) is 0. The summed E-state index contributed by atoms with van der Waals surface area (Å²) in [6.07, 6.45) is 11.7. The molecule has 0 unspecified atom stereocenters. The fraction of sp³-hybridized carbons (Fsp3) is 0.333. The van der Waals surface area contributed by atoms with E-state index in [1.54, 1.807) is 17.8 Å². The average Bonchev–Trinajstić information content (AvgIpc) is 2.70. The Morgan fingerprint density at radius 2 is 1.87 bits per heavy atom. The van der Waals surface area contributed by atoms with E-state index in [1.807, 2.05) is 0 Å². The SMILES string of the molecule is CC1=CCC(C)=[C]1[Hf+2][C]1=CC=CC1.[Cl-].[Cl-]. The van der Waals surface area contributed by atoms with Gasteiger partial charge in [-0.15, -0.1) is 0 Å². The van der Waals surface area contributed by atoms with Crippen molar-refractivity contribution in [1.82, 2.24) is 0 Å². The van der Waals surface area contributed by atoms with E-state index in [0.29, 0.717) is 0 Å². The molecule has 0 radical (unpaired) electrons. The number of halogens is 2. The Balaban J connectivity index is 0.000000980. The third kappa shape index (κ3) is 3.72. The van der Waals surface area contributed by atoms with Gasteiger partial charge >= 0.3 is 91.7 Å². The molecular formula is C12H14Cl2Hf. The first-order valence-corrected chi connectivity index (χ1v) is 8.36. The monoisotopic (exact) mass is 408 g/mol. The minimum absolute atomic E-state index is 0. The maximum Gasteiger partial charge on any atom is -1.00 e. The van der Waals surface area contributed by atoms with Crippen LogP contribution in [0.5, 0.6) is 0 Å². The molecule has 0 saturated heterocycles. The quantitative estimate of drug-likeness (QED) is 0.446. The predicted octanol–water partition coefficient (Wildman–Crippen LogP) is -2.46. The molecule has 0 saturated carbocycles. The van der Waals surface area contributed by atoms with Crippen molar-refractivity contribution in [2.45, 2.75) is 26.7 Å². The molecular weight excluding hydrogens is 394 g/mol. The van der Waals surface area contributed by atoms with Crippen LogP contribution in [0.1, 0.15) is 26.7 Å². The first kappa shape index (κ1) is 15.4. The predicted molar refractivity (Wildman–Crippen MR) is 52.9 cm³/mol. The van der Waals surface area contributed by atoms with Crippen LogP contribution in [0.25, 0.3) is 0 Å². The second-order valence-corrected chi connectivity index (χ2v) is 8.70. The van der Waals surface area contributed by atoms with Crippen LogP contribution < -0.4 is 24.8 Å². The summed E-state index contributed by atoms with van der Waals surface area (Å²) in [5, 5.41) is 0. The molecule has 0 heterocycles. The Hall–Kier alpha value is 0.410. The molecule has 15 heavy (non-hydrogen) atoms. The molecule has 0 atom stereocenters. The molecule has 0 nitrogen and oxygen atoms in total. The molecule has 0 fully saturated rings. The molecule has 80 valence electrons. The molecule has 2 aliphatic carbocycles. The van der Waals surface area contributed by atoms with Gasteiger partial charge < -0.3 is 24.8 Å². The Morgan fingerprint density at radius 3 is 2.33 bits per heavy atom. The number of hydrogen-bond acceptors (Lipinski definition) is 0. The zero-order valence-electron chi connectivity index (χ0n) is 8.98. The molecule has 0 aromatic heterocycles. The van der Waals surface area contributed by atoms with Crippen molar-refractivity contribution in [2.24, 2.45) is 0 Å². The first-order chi connectivity index (χ1) is 6.27. The maximum absolute atomic E-state index is 2.39. The van der Waals surface area contributed by atoms with Crippen LogP contribution in [-0.2, 0) is 22.9 Å². The minimum atomic E-state index is -0.636. The van der Waals surface area contributed by atoms with Crippen molar-refractivity contribution >= 4 is 0 Å². The summed E-state index contributed by atoms with van der Waals surface area (Å²) in [5.41, 5.74) is 3.22. The molecule has 2 rings (SSSR count). The van der Waals surface area contributed by atoms with Crippen molar-refractivity contribution in [2.75, 3.05) is 0 Å². The van der Waals surface area contributed by atoms with Crippen LogP contribution in [0.15, 0.2) is 42.1 Å². The molecule has 0 spiro atoms. The van der Waals surface area contributed by atoms with Crippen LogP contribution in [-0.4, -0.2) is 0 Å². The topological polar surface area (TPSA) is 0 Å². The van der Waals surface area contributed by atoms with Crippen molar-refractivity contribution < 1.29 is 47.7 Å². The molecule has 0 bridgehead atoms. The van der Waals surface area contributed by atoms with Crippen LogP contribution in [0.3, 0.4) is 0 Å². The van der Waals surface area contributed by atoms with Gasteiger partial charge in [0, 0.05) is 0 Å². The molecule has 3 heteroatoms. The first-order valence-electron chi connectivity index (χ1n) is 4.77. The average molecular weight is 408 g/mol. The number of hydrogen-bond donors (Lipinski definition) is 0. The van der Waals surface area contributed by atoms with Crippen molar-refractivity contribution in [1.29, 1.82) is 0 Å². The number of rotatable bonds is 2. The summed E-state index contributed by atoms with van der Waals surface area (Å²) in [7, 11) is 0. The molecule has 0 aromatic rings. The minimum Gasteiger partial charge on any atom is -1.00 e. The van der Waals surface area contributed by atoms with E-state index in [0.717, 1.165) is 0 Å². The normalized spacial score (nSPS) is 17.7. The van der Waals surface area contributed by atoms with Crippen molar-refractivity contribution in [3.8, 4) is 0 Å². The summed E-state index contributed by atoms with van der Waals surface area (Å²) in [4.78, 5) is 0. The summed E-state index contributed by atoms with van der Waals surface area (Å²) < 4.78 is 3.53. The van der Waals surface area contributed by atoms with Crippen LogP contribution >= 0.6 is 0 Å². The van der Waals surface area contributed by atoms with Gasteiger partial charge in [0.2, 0.25) is 0 Å². The Labute approximate surface area is 116 Å². The van der Waals surface area contributed by atoms with E-state index in [1.165, 1.54) is 12.8 Å². The van der Waals surface area contributed by atoms with Crippen LogP contribution in [0.2, 0.25) is 0 Å². The fourth-order valence-corrected chi connectivity index (χ4v) is 6.55. The van der Waals surface area contributed by atoms with Crippen LogP contribution in [0, 0.1) is 0 Å². The van der Waals surface area contributed by atoms with Gasteiger partial charge in [-0.1, -0.05) is 0 Å². The third-order valence-electron chi connectivity index (χ3n) is 2.59. The van der Waals surface area contributed by atoms with E-state index in [-0.39, 0.29) is 24.8 Å². The van der Waals surface area contributed by atoms with E-state index >= 15 is 0 Å². The molecule has 2 aliphatic rings.